The highest BCUT2D eigenvalue weighted by Crippen LogP contribution is 2.30. The van der Waals surface area contributed by atoms with E-state index in [1.165, 1.54) is 0 Å². The second kappa shape index (κ2) is 10.0. The fourth-order valence-corrected chi connectivity index (χ4v) is 4.47. The zero-order valence-corrected chi connectivity index (χ0v) is 20.2. The summed E-state index contributed by atoms with van der Waals surface area (Å²) in [6, 6.07) is 25.9. The second-order valence-electron chi connectivity index (χ2n) is 8.63. The largest absolute Gasteiger partial charge is 0.481 e. The molecule has 3 aromatic carbocycles. The molecule has 184 valence electrons. The molecule has 0 saturated carbocycles. The summed E-state index contributed by atoms with van der Waals surface area (Å²) in [5.74, 6) is -0.833. The number of benzene rings is 3. The molecule has 8 heteroatoms. The smallest absolute Gasteiger partial charge is 0.300 e. The molecular formula is C29H25N5O3. The van der Waals surface area contributed by atoms with E-state index in [4.69, 9.17) is 20.6 Å². The summed E-state index contributed by atoms with van der Waals surface area (Å²) in [4.78, 5) is 34.7. The topological polar surface area (TPSA) is 127 Å². The molecule has 0 spiro atoms. The number of carbonyl (C=O) groups is 1. The molecule has 3 heterocycles. The van der Waals surface area contributed by atoms with E-state index in [0.717, 1.165) is 56.6 Å². The minimum absolute atomic E-state index is 0.205. The number of hydrogen-bond donors (Lipinski definition) is 3. The molecule has 0 atom stereocenters. The van der Waals surface area contributed by atoms with Crippen LogP contribution in [0.1, 0.15) is 18.3 Å². The van der Waals surface area contributed by atoms with Crippen LogP contribution in [0.25, 0.3) is 44.0 Å². The highest BCUT2D eigenvalue weighted by Gasteiger charge is 2.16. The van der Waals surface area contributed by atoms with Crippen molar-refractivity contribution in [2.24, 2.45) is 5.73 Å². The van der Waals surface area contributed by atoms with Gasteiger partial charge in [0.15, 0.2) is 0 Å². The first kappa shape index (κ1) is 23.9. The summed E-state index contributed by atoms with van der Waals surface area (Å²) in [6.45, 7) is 2.05. The number of nitrogens with one attached hydrogen (secondary N) is 1. The number of fused-ring (bicyclic) bond motifs is 4. The van der Waals surface area contributed by atoms with Crippen LogP contribution >= 0.6 is 0 Å². The van der Waals surface area contributed by atoms with Crippen LogP contribution in [0.4, 0.5) is 0 Å². The standard InChI is InChI=1S/C27H21N5O.C2H4O2/c28-14-18-7-5-8-19(29-18)15-32-16-22(21-10-3-4-11-24(21)32)26-27(33)30-23-13-12-17-6-1-2-9-20(17)25(23)31-26;1-2(3)4/h1-13,16H,14-15,28H2,(H,30,33);1H3,(H,3,4). The number of H-pyrrole nitrogens is 1. The van der Waals surface area contributed by atoms with Crippen molar-refractivity contribution in [3.8, 4) is 11.3 Å². The summed E-state index contributed by atoms with van der Waals surface area (Å²) in [5, 5.41) is 10.5. The maximum Gasteiger partial charge on any atom is 0.300 e. The molecule has 8 nitrogen and oxygen atoms in total. The highest BCUT2D eigenvalue weighted by atomic mass is 16.4. The van der Waals surface area contributed by atoms with Crippen LogP contribution in [-0.2, 0) is 17.9 Å². The van der Waals surface area contributed by atoms with E-state index in [-0.39, 0.29) is 5.56 Å². The maximum absolute atomic E-state index is 13.1. The summed E-state index contributed by atoms with van der Waals surface area (Å²) < 4.78 is 2.11. The Morgan fingerprint density at radius 3 is 2.41 bits per heavy atom. The predicted octanol–water partition coefficient (Wildman–Crippen LogP) is 4.69. The van der Waals surface area contributed by atoms with Gasteiger partial charge in [-0.3, -0.25) is 14.6 Å². The van der Waals surface area contributed by atoms with Gasteiger partial charge in [0.2, 0.25) is 0 Å². The fourth-order valence-electron chi connectivity index (χ4n) is 4.47. The molecule has 0 aliphatic rings. The average molecular weight is 492 g/mol. The third kappa shape index (κ3) is 4.82. The molecule has 0 unspecified atom stereocenters. The number of hydrogen-bond acceptors (Lipinski definition) is 5. The number of pyridine rings is 1. The SMILES string of the molecule is CC(=O)O.NCc1cccc(Cn2cc(-c3nc4c(ccc5ccccc54)[nH]c3=O)c3ccccc32)n1. The molecule has 0 amide bonds. The summed E-state index contributed by atoms with van der Waals surface area (Å²) >= 11 is 0. The Bertz CT molecular complexity index is 1820. The lowest BCUT2D eigenvalue weighted by molar-refractivity contribution is -0.134. The third-order valence-electron chi connectivity index (χ3n) is 6.04. The van der Waals surface area contributed by atoms with Gasteiger partial charge in [-0.15, -0.1) is 0 Å². The molecule has 0 bridgehead atoms. The van der Waals surface area contributed by atoms with Crippen molar-refractivity contribution in [1.82, 2.24) is 19.5 Å². The Kier molecular flexibility index (Phi) is 6.49. The van der Waals surface area contributed by atoms with Crippen LogP contribution in [0, 0.1) is 0 Å². The third-order valence-corrected chi connectivity index (χ3v) is 6.04. The molecule has 0 radical (unpaired) electrons. The van der Waals surface area contributed by atoms with Crippen molar-refractivity contribution in [2.45, 2.75) is 20.0 Å². The van der Waals surface area contributed by atoms with E-state index in [2.05, 4.69) is 26.7 Å². The Balaban J connectivity index is 0.000000655. The minimum Gasteiger partial charge on any atom is -0.481 e. The molecule has 0 fully saturated rings. The second-order valence-corrected chi connectivity index (χ2v) is 8.63. The highest BCUT2D eigenvalue weighted by molar-refractivity contribution is 6.05. The molecule has 6 aromatic rings. The van der Waals surface area contributed by atoms with Crippen LogP contribution in [0.15, 0.2) is 89.9 Å². The molecule has 37 heavy (non-hydrogen) atoms. The van der Waals surface area contributed by atoms with Gasteiger partial charge >= 0.3 is 0 Å². The number of rotatable bonds is 4. The van der Waals surface area contributed by atoms with Gasteiger partial charge in [-0.2, -0.15) is 0 Å². The molecule has 3 aromatic heterocycles. The number of carboxylic acid groups (broad SMARTS) is 1. The lowest BCUT2D eigenvalue weighted by Crippen LogP contribution is -2.11. The molecule has 0 aliphatic heterocycles. The number of aromatic amines is 1. The van der Waals surface area contributed by atoms with Gasteiger partial charge in [0, 0.05) is 41.5 Å². The van der Waals surface area contributed by atoms with E-state index in [9.17, 15) is 4.79 Å². The van der Waals surface area contributed by atoms with Crippen LogP contribution in [-0.4, -0.2) is 30.6 Å². The number of nitrogens with two attached hydrogens (primary N) is 1. The quantitative estimate of drug-likeness (QED) is 0.307. The number of aliphatic carboxylic acids is 1. The first-order valence-corrected chi connectivity index (χ1v) is 11.8. The molecule has 0 aliphatic carbocycles. The Morgan fingerprint density at radius 2 is 1.62 bits per heavy atom. The van der Waals surface area contributed by atoms with E-state index < -0.39 is 5.97 Å². The molecule has 6 rings (SSSR count). The maximum atomic E-state index is 13.1. The summed E-state index contributed by atoms with van der Waals surface area (Å²) in [5.41, 5.74) is 11.1. The lowest BCUT2D eigenvalue weighted by atomic mass is 10.1. The van der Waals surface area contributed by atoms with Gasteiger partial charge in [0.05, 0.1) is 29.0 Å². The molecule has 4 N–H and O–H groups in total. The lowest BCUT2D eigenvalue weighted by Gasteiger charge is -2.06. The normalized spacial score (nSPS) is 11.0. The first-order valence-electron chi connectivity index (χ1n) is 11.8. The van der Waals surface area contributed by atoms with Gasteiger partial charge in [0.1, 0.15) is 5.69 Å². The number of nitrogens with zero attached hydrogens (tertiary/aromatic N) is 3. The minimum atomic E-state index is -0.833. The zero-order valence-electron chi connectivity index (χ0n) is 20.2. The van der Waals surface area contributed by atoms with Crippen LogP contribution in [0.3, 0.4) is 0 Å². The van der Waals surface area contributed by atoms with Crippen molar-refractivity contribution >= 4 is 38.7 Å². The zero-order chi connectivity index (χ0) is 25.9. The van der Waals surface area contributed by atoms with Crippen LogP contribution < -0.4 is 11.3 Å². The van der Waals surface area contributed by atoms with E-state index in [1.807, 2.05) is 72.9 Å². The van der Waals surface area contributed by atoms with E-state index in [0.29, 0.717) is 18.8 Å². The molecular weight excluding hydrogens is 466 g/mol. The summed E-state index contributed by atoms with van der Waals surface area (Å²) in [7, 11) is 0. The van der Waals surface area contributed by atoms with Crippen molar-refractivity contribution in [3.63, 3.8) is 0 Å². The molecule has 0 saturated heterocycles. The Hall–Kier alpha value is -4.82. The summed E-state index contributed by atoms with van der Waals surface area (Å²) in [6.07, 6.45) is 2.00. The van der Waals surface area contributed by atoms with Gasteiger partial charge in [-0.1, -0.05) is 54.6 Å². The van der Waals surface area contributed by atoms with Crippen molar-refractivity contribution < 1.29 is 9.90 Å². The van der Waals surface area contributed by atoms with Crippen molar-refractivity contribution in [3.05, 3.63) is 107 Å². The Morgan fingerprint density at radius 1 is 0.919 bits per heavy atom. The monoisotopic (exact) mass is 491 g/mol. The first-order chi connectivity index (χ1) is 17.9. The fraction of sp³-hybridized carbons (Fsp3) is 0.103. The van der Waals surface area contributed by atoms with E-state index in [1.54, 1.807) is 0 Å². The number of carboxylic acids is 1. The van der Waals surface area contributed by atoms with Gasteiger partial charge in [-0.05, 0) is 29.7 Å². The van der Waals surface area contributed by atoms with Crippen LogP contribution in [0.2, 0.25) is 0 Å². The van der Waals surface area contributed by atoms with Gasteiger partial charge in [0.25, 0.3) is 11.5 Å². The van der Waals surface area contributed by atoms with Crippen LogP contribution in [0.5, 0.6) is 0 Å². The van der Waals surface area contributed by atoms with Crippen molar-refractivity contribution in [1.29, 1.82) is 0 Å². The van der Waals surface area contributed by atoms with Gasteiger partial charge < -0.3 is 20.4 Å². The van der Waals surface area contributed by atoms with Crippen molar-refractivity contribution in [2.75, 3.05) is 0 Å². The predicted molar refractivity (Wildman–Crippen MR) is 145 cm³/mol. The average Bonchev–Trinajstić information content (AvgIpc) is 3.26. The number of para-hydroxylation sites is 1. The van der Waals surface area contributed by atoms with E-state index >= 15 is 0 Å². The Labute approximate surface area is 212 Å². The van der Waals surface area contributed by atoms with Gasteiger partial charge in [-0.25, -0.2) is 4.98 Å². The number of aromatic nitrogens is 4.